The van der Waals surface area contributed by atoms with Gasteiger partial charge in [0.05, 0.1) is 16.8 Å². The molecule has 0 bridgehead atoms. The van der Waals surface area contributed by atoms with Gasteiger partial charge in [-0.25, -0.2) is 4.98 Å². The van der Waals surface area contributed by atoms with Crippen molar-refractivity contribution >= 4 is 27.5 Å². The third kappa shape index (κ3) is 2.75. The van der Waals surface area contributed by atoms with Gasteiger partial charge in [0.15, 0.2) is 0 Å². The van der Waals surface area contributed by atoms with Gasteiger partial charge in [0.1, 0.15) is 5.01 Å². The van der Waals surface area contributed by atoms with Crippen LogP contribution in [0.25, 0.3) is 10.2 Å². The summed E-state index contributed by atoms with van der Waals surface area (Å²) < 4.78 is 1.26. The van der Waals surface area contributed by atoms with E-state index in [2.05, 4.69) is 34.9 Å². The van der Waals surface area contributed by atoms with Crippen LogP contribution in [0, 0.1) is 11.8 Å². The fourth-order valence-corrected chi connectivity index (χ4v) is 4.22. The van der Waals surface area contributed by atoms with Crippen LogP contribution in [-0.4, -0.2) is 46.9 Å². The summed E-state index contributed by atoms with van der Waals surface area (Å²) in [7, 11) is 0. The number of hydrogen-bond donors (Lipinski definition) is 0. The van der Waals surface area contributed by atoms with Crippen molar-refractivity contribution in [3.8, 4) is 0 Å². The Bertz CT molecular complexity index is 657. The quantitative estimate of drug-likeness (QED) is 0.873. The molecule has 2 aliphatic rings. The van der Waals surface area contributed by atoms with E-state index in [0.717, 1.165) is 44.7 Å². The molecule has 1 saturated carbocycles. The molecule has 1 amide bonds. The van der Waals surface area contributed by atoms with Crippen LogP contribution in [-0.2, 0) is 11.3 Å². The Kier molecular flexibility index (Phi) is 3.62. The van der Waals surface area contributed by atoms with Crippen molar-refractivity contribution < 1.29 is 4.79 Å². The minimum Gasteiger partial charge on any atom is -0.340 e. The van der Waals surface area contributed by atoms with E-state index >= 15 is 0 Å². The maximum atomic E-state index is 12.3. The number of thiazole rings is 1. The van der Waals surface area contributed by atoms with Crippen molar-refractivity contribution in [2.75, 3.05) is 26.2 Å². The average molecular weight is 315 g/mol. The molecule has 0 N–H and O–H groups in total. The summed E-state index contributed by atoms with van der Waals surface area (Å²) in [5.41, 5.74) is 1.10. The molecule has 5 heteroatoms. The number of aromatic nitrogens is 1. The minimum atomic E-state index is 0.316. The molecule has 0 radical (unpaired) electrons. The minimum absolute atomic E-state index is 0.316. The van der Waals surface area contributed by atoms with Crippen LogP contribution >= 0.6 is 11.3 Å². The highest BCUT2D eigenvalue weighted by Crippen LogP contribution is 2.39. The second-order valence-electron chi connectivity index (χ2n) is 6.50. The SMILES string of the molecule is CC1CC1C(=O)N1CCN(Cc2nc3ccccc3s2)CC1. The van der Waals surface area contributed by atoms with Gasteiger partial charge in [-0.05, 0) is 24.5 Å². The molecule has 2 heterocycles. The van der Waals surface area contributed by atoms with Crippen molar-refractivity contribution in [1.29, 1.82) is 0 Å². The topological polar surface area (TPSA) is 36.4 Å². The number of hydrogen-bond acceptors (Lipinski definition) is 4. The van der Waals surface area contributed by atoms with Gasteiger partial charge in [0, 0.05) is 32.1 Å². The Morgan fingerprint density at radius 3 is 2.68 bits per heavy atom. The molecular formula is C17H21N3OS. The van der Waals surface area contributed by atoms with Gasteiger partial charge < -0.3 is 4.90 Å². The Balaban J connectivity index is 1.34. The summed E-state index contributed by atoms with van der Waals surface area (Å²) in [6, 6.07) is 8.30. The van der Waals surface area contributed by atoms with E-state index < -0.39 is 0 Å². The normalized spacial score (nSPS) is 25.6. The number of para-hydroxylation sites is 1. The van der Waals surface area contributed by atoms with Crippen LogP contribution in [0.15, 0.2) is 24.3 Å². The number of amides is 1. The Morgan fingerprint density at radius 2 is 2.00 bits per heavy atom. The van der Waals surface area contributed by atoms with Crippen LogP contribution in [0.4, 0.5) is 0 Å². The van der Waals surface area contributed by atoms with Gasteiger partial charge >= 0.3 is 0 Å². The van der Waals surface area contributed by atoms with Gasteiger partial charge in [0.25, 0.3) is 0 Å². The summed E-state index contributed by atoms with van der Waals surface area (Å²) in [4.78, 5) is 21.4. The molecular weight excluding hydrogens is 294 g/mol. The maximum Gasteiger partial charge on any atom is 0.226 e. The Labute approximate surface area is 134 Å². The lowest BCUT2D eigenvalue weighted by atomic mass is 10.2. The number of piperazine rings is 1. The molecule has 4 nitrogen and oxygen atoms in total. The molecule has 2 aromatic rings. The number of nitrogens with zero attached hydrogens (tertiary/aromatic N) is 3. The summed E-state index contributed by atoms with van der Waals surface area (Å²) in [5, 5.41) is 1.18. The van der Waals surface area contributed by atoms with Crippen molar-refractivity contribution in [2.24, 2.45) is 11.8 Å². The second-order valence-corrected chi connectivity index (χ2v) is 7.61. The molecule has 1 saturated heterocycles. The molecule has 1 aromatic heterocycles. The van der Waals surface area contributed by atoms with Crippen molar-refractivity contribution in [3.63, 3.8) is 0 Å². The fraction of sp³-hybridized carbons (Fsp3) is 0.529. The molecule has 116 valence electrons. The van der Waals surface area contributed by atoms with E-state index in [1.54, 1.807) is 11.3 Å². The standard InChI is InChI=1S/C17H21N3OS/c1-12-10-13(12)17(21)20-8-6-19(7-9-20)11-16-18-14-4-2-3-5-15(14)22-16/h2-5,12-13H,6-11H2,1H3. The predicted octanol–water partition coefficient (Wildman–Crippen LogP) is 2.60. The zero-order chi connectivity index (χ0) is 15.1. The zero-order valence-corrected chi connectivity index (χ0v) is 13.7. The second kappa shape index (κ2) is 5.63. The first-order valence-corrected chi connectivity index (χ1v) is 8.88. The van der Waals surface area contributed by atoms with Gasteiger partial charge in [-0.1, -0.05) is 19.1 Å². The summed E-state index contributed by atoms with van der Waals surface area (Å²) in [6.45, 7) is 6.73. The smallest absolute Gasteiger partial charge is 0.226 e. The number of carbonyl (C=O) groups is 1. The highest BCUT2D eigenvalue weighted by atomic mass is 32.1. The molecule has 0 spiro atoms. The maximum absolute atomic E-state index is 12.3. The van der Waals surface area contributed by atoms with E-state index in [-0.39, 0.29) is 0 Å². The average Bonchev–Trinajstić information content (AvgIpc) is 3.12. The predicted molar refractivity (Wildman–Crippen MR) is 88.7 cm³/mol. The van der Waals surface area contributed by atoms with E-state index in [1.807, 2.05) is 6.07 Å². The molecule has 4 rings (SSSR count). The highest BCUT2D eigenvalue weighted by Gasteiger charge is 2.41. The molecule has 2 unspecified atom stereocenters. The van der Waals surface area contributed by atoms with Gasteiger partial charge in [-0.2, -0.15) is 0 Å². The first-order valence-electron chi connectivity index (χ1n) is 8.06. The largest absolute Gasteiger partial charge is 0.340 e. The lowest BCUT2D eigenvalue weighted by molar-refractivity contribution is -0.134. The summed E-state index contributed by atoms with van der Waals surface area (Å²) >= 11 is 1.78. The Hall–Kier alpha value is -1.46. The van der Waals surface area contributed by atoms with E-state index in [0.29, 0.717) is 17.7 Å². The molecule has 2 atom stereocenters. The number of rotatable bonds is 3. The van der Waals surface area contributed by atoms with Crippen molar-refractivity contribution in [3.05, 3.63) is 29.3 Å². The van der Waals surface area contributed by atoms with E-state index in [9.17, 15) is 4.79 Å². The first kappa shape index (κ1) is 14.2. The lowest BCUT2D eigenvalue weighted by Crippen LogP contribution is -2.48. The monoisotopic (exact) mass is 315 g/mol. The Morgan fingerprint density at radius 1 is 1.27 bits per heavy atom. The molecule has 1 aliphatic heterocycles. The highest BCUT2D eigenvalue weighted by molar-refractivity contribution is 7.18. The van der Waals surface area contributed by atoms with Crippen LogP contribution in [0.5, 0.6) is 0 Å². The fourth-order valence-electron chi connectivity index (χ4n) is 3.21. The van der Waals surface area contributed by atoms with Crippen LogP contribution in [0.2, 0.25) is 0 Å². The molecule has 2 fully saturated rings. The van der Waals surface area contributed by atoms with Gasteiger partial charge in [-0.15, -0.1) is 11.3 Å². The van der Waals surface area contributed by atoms with Crippen LogP contribution < -0.4 is 0 Å². The van der Waals surface area contributed by atoms with Crippen LogP contribution in [0.1, 0.15) is 18.4 Å². The van der Waals surface area contributed by atoms with Gasteiger partial charge in [-0.3, -0.25) is 9.69 Å². The number of carbonyl (C=O) groups excluding carboxylic acids is 1. The van der Waals surface area contributed by atoms with E-state index in [4.69, 9.17) is 4.98 Å². The van der Waals surface area contributed by atoms with E-state index in [1.165, 1.54) is 9.71 Å². The number of benzene rings is 1. The van der Waals surface area contributed by atoms with Gasteiger partial charge in [0.2, 0.25) is 5.91 Å². The number of fused-ring (bicyclic) bond motifs is 1. The summed E-state index contributed by atoms with van der Waals surface area (Å²) in [6.07, 6.45) is 1.09. The molecule has 22 heavy (non-hydrogen) atoms. The van der Waals surface area contributed by atoms with Crippen LogP contribution in [0.3, 0.4) is 0 Å². The van der Waals surface area contributed by atoms with Crippen molar-refractivity contribution in [1.82, 2.24) is 14.8 Å². The zero-order valence-electron chi connectivity index (χ0n) is 12.9. The molecule has 1 aromatic carbocycles. The third-order valence-electron chi connectivity index (χ3n) is 4.81. The van der Waals surface area contributed by atoms with Crippen molar-refractivity contribution in [2.45, 2.75) is 19.9 Å². The third-order valence-corrected chi connectivity index (χ3v) is 5.83. The summed E-state index contributed by atoms with van der Waals surface area (Å²) in [5.74, 6) is 1.30. The lowest BCUT2D eigenvalue weighted by Gasteiger charge is -2.34. The first-order chi connectivity index (χ1) is 10.7. The molecule has 1 aliphatic carbocycles.